The second kappa shape index (κ2) is 6.45. The van der Waals surface area contributed by atoms with Crippen molar-refractivity contribution in [2.45, 2.75) is 19.8 Å². The molecule has 0 amide bonds. The molecular weight excluding hydrogens is 230 g/mol. The molecule has 4 heteroatoms. The molecule has 0 atom stereocenters. The zero-order valence-electron chi connectivity index (χ0n) is 10.4. The van der Waals surface area contributed by atoms with E-state index in [1.165, 1.54) is 0 Å². The van der Waals surface area contributed by atoms with Gasteiger partial charge in [0, 0.05) is 0 Å². The summed E-state index contributed by atoms with van der Waals surface area (Å²) in [4.78, 5) is 11.0. The lowest BCUT2D eigenvalue weighted by Crippen LogP contribution is -2.02. The predicted molar refractivity (Wildman–Crippen MR) is 68.1 cm³/mol. The molecule has 94 valence electrons. The number of aliphatic carboxylic acids is 1. The first-order chi connectivity index (χ1) is 8.63. The van der Waals surface area contributed by atoms with Crippen LogP contribution < -0.4 is 4.74 Å². The lowest BCUT2D eigenvalue weighted by molar-refractivity contribution is -0.132. The quantitative estimate of drug-likeness (QED) is 0.639. The van der Waals surface area contributed by atoms with E-state index in [1.54, 1.807) is 37.4 Å². The molecule has 0 saturated carbocycles. The van der Waals surface area contributed by atoms with Crippen molar-refractivity contribution in [2.75, 3.05) is 7.11 Å². The molecule has 0 radical (unpaired) electrons. The highest BCUT2D eigenvalue weighted by Gasteiger charge is 2.15. The van der Waals surface area contributed by atoms with Crippen molar-refractivity contribution >= 4 is 11.5 Å². The van der Waals surface area contributed by atoms with Crippen LogP contribution in [0, 0.1) is 11.3 Å². The highest BCUT2D eigenvalue weighted by Crippen LogP contribution is 2.25. The average molecular weight is 245 g/mol. The van der Waals surface area contributed by atoms with Crippen molar-refractivity contribution in [3.05, 3.63) is 35.4 Å². The molecule has 0 aliphatic rings. The van der Waals surface area contributed by atoms with E-state index in [-0.39, 0.29) is 5.57 Å². The fraction of sp³-hybridized carbons (Fsp3) is 0.286. The number of benzene rings is 1. The van der Waals surface area contributed by atoms with Crippen LogP contribution >= 0.6 is 0 Å². The summed E-state index contributed by atoms with van der Waals surface area (Å²) in [5.74, 6) is -0.486. The maximum absolute atomic E-state index is 11.0. The third-order valence-corrected chi connectivity index (χ3v) is 2.57. The molecule has 0 unspecified atom stereocenters. The molecule has 1 aromatic rings. The summed E-state index contributed by atoms with van der Waals surface area (Å²) >= 11 is 0. The Kier molecular flexibility index (Phi) is 4.94. The lowest BCUT2D eigenvalue weighted by Gasteiger charge is -2.08. The summed E-state index contributed by atoms with van der Waals surface area (Å²) in [5, 5.41) is 18.0. The Hall–Kier alpha value is -2.28. The van der Waals surface area contributed by atoms with E-state index < -0.39 is 5.97 Å². The Morgan fingerprint density at radius 1 is 1.39 bits per heavy atom. The van der Waals surface area contributed by atoms with Crippen LogP contribution in [0.5, 0.6) is 5.75 Å². The third-order valence-electron chi connectivity index (χ3n) is 2.57. The monoisotopic (exact) mass is 245 g/mol. The molecule has 1 rings (SSSR count). The summed E-state index contributed by atoms with van der Waals surface area (Å²) in [5.41, 5.74) is 1.12. The van der Waals surface area contributed by atoms with E-state index in [4.69, 9.17) is 15.1 Å². The SMILES string of the molecule is CCCC(=C(C#N)C(=O)O)c1ccc(OC)cc1. The molecule has 18 heavy (non-hydrogen) atoms. The summed E-state index contributed by atoms with van der Waals surface area (Å²) in [6.07, 6.45) is 1.33. The van der Waals surface area contributed by atoms with Gasteiger partial charge in [0.1, 0.15) is 17.4 Å². The number of carbonyl (C=O) groups is 1. The Morgan fingerprint density at radius 3 is 2.39 bits per heavy atom. The summed E-state index contributed by atoms with van der Waals surface area (Å²) in [6.45, 7) is 1.94. The zero-order valence-corrected chi connectivity index (χ0v) is 10.4. The summed E-state index contributed by atoms with van der Waals surface area (Å²) in [7, 11) is 1.57. The van der Waals surface area contributed by atoms with Gasteiger partial charge in [0.15, 0.2) is 0 Å². The standard InChI is InChI=1S/C14H15NO3/c1-3-4-12(13(9-15)14(16)17)10-5-7-11(18-2)8-6-10/h5-8H,3-4H2,1-2H3,(H,16,17). The average Bonchev–Trinajstić information content (AvgIpc) is 2.38. The van der Waals surface area contributed by atoms with Crippen molar-refractivity contribution in [1.29, 1.82) is 5.26 Å². The molecule has 0 saturated heterocycles. The molecule has 0 aliphatic heterocycles. The summed E-state index contributed by atoms with van der Waals surface area (Å²) < 4.78 is 5.05. The first-order valence-corrected chi connectivity index (χ1v) is 5.65. The fourth-order valence-corrected chi connectivity index (χ4v) is 1.70. The van der Waals surface area contributed by atoms with Crippen LogP contribution in [0.3, 0.4) is 0 Å². The Labute approximate surface area is 106 Å². The van der Waals surface area contributed by atoms with Crippen LogP contribution in [0.25, 0.3) is 5.57 Å². The van der Waals surface area contributed by atoms with Gasteiger partial charge in [-0.05, 0) is 29.7 Å². The Morgan fingerprint density at radius 2 is 2.00 bits per heavy atom. The fourth-order valence-electron chi connectivity index (χ4n) is 1.70. The number of carboxylic acid groups (broad SMARTS) is 1. The van der Waals surface area contributed by atoms with Crippen molar-refractivity contribution in [3.63, 3.8) is 0 Å². The van der Waals surface area contributed by atoms with E-state index in [0.29, 0.717) is 17.7 Å². The molecule has 4 nitrogen and oxygen atoms in total. The summed E-state index contributed by atoms with van der Waals surface area (Å²) in [6, 6.07) is 8.80. The number of nitriles is 1. The van der Waals surface area contributed by atoms with E-state index in [1.807, 2.05) is 6.92 Å². The van der Waals surface area contributed by atoms with Crippen LogP contribution in [0.15, 0.2) is 29.8 Å². The van der Waals surface area contributed by atoms with Gasteiger partial charge in [0.25, 0.3) is 0 Å². The van der Waals surface area contributed by atoms with Gasteiger partial charge in [-0.3, -0.25) is 0 Å². The number of allylic oxidation sites excluding steroid dienone is 1. The van der Waals surface area contributed by atoms with Gasteiger partial charge < -0.3 is 9.84 Å². The number of nitrogens with zero attached hydrogens (tertiary/aromatic N) is 1. The van der Waals surface area contributed by atoms with Crippen LogP contribution in [-0.4, -0.2) is 18.2 Å². The Bertz CT molecular complexity index is 495. The molecule has 1 aromatic carbocycles. The number of hydrogen-bond donors (Lipinski definition) is 1. The minimum absolute atomic E-state index is 0.193. The number of hydrogen-bond acceptors (Lipinski definition) is 3. The molecule has 0 aromatic heterocycles. The van der Waals surface area contributed by atoms with Crippen LogP contribution in [-0.2, 0) is 4.79 Å². The molecule has 1 N–H and O–H groups in total. The maximum atomic E-state index is 11.0. The number of rotatable bonds is 5. The second-order valence-electron chi connectivity index (χ2n) is 3.75. The van der Waals surface area contributed by atoms with Gasteiger partial charge >= 0.3 is 5.97 Å². The van der Waals surface area contributed by atoms with Gasteiger partial charge in [-0.25, -0.2) is 4.79 Å². The molecule has 0 heterocycles. The van der Waals surface area contributed by atoms with E-state index in [2.05, 4.69) is 0 Å². The minimum atomic E-state index is -1.18. The molecular formula is C14H15NO3. The van der Waals surface area contributed by atoms with E-state index in [0.717, 1.165) is 12.0 Å². The Balaban J connectivity index is 3.27. The van der Waals surface area contributed by atoms with Gasteiger partial charge in [-0.2, -0.15) is 5.26 Å². The first-order valence-electron chi connectivity index (χ1n) is 5.65. The van der Waals surface area contributed by atoms with E-state index in [9.17, 15) is 4.79 Å². The van der Waals surface area contributed by atoms with Crippen LogP contribution in [0.2, 0.25) is 0 Å². The minimum Gasteiger partial charge on any atom is -0.497 e. The van der Waals surface area contributed by atoms with Crippen molar-refractivity contribution in [2.24, 2.45) is 0 Å². The molecule has 0 aliphatic carbocycles. The zero-order chi connectivity index (χ0) is 13.5. The van der Waals surface area contributed by atoms with Gasteiger partial charge in [0.2, 0.25) is 0 Å². The molecule has 0 fully saturated rings. The van der Waals surface area contributed by atoms with Crippen LogP contribution in [0.4, 0.5) is 0 Å². The number of carboxylic acids is 1. The molecule has 0 bridgehead atoms. The number of ether oxygens (including phenoxy) is 1. The van der Waals surface area contributed by atoms with Crippen LogP contribution in [0.1, 0.15) is 25.3 Å². The van der Waals surface area contributed by atoms with Gasteiger partial charge in [-0.15, -0.1) is 0 Å². The predicted octanol–water partition coefficient (Wildman–Crippen LogP) is 2.86. The second-order valence-corrected chi connectivity index (χ2v) is 3.75. The van der Waals surface area contributed by atoms with Crippen molar-refractivity contribution in [1.82, 2.24) is 0 Å². The number of methoxy groups -OCH3 is 1. The van der Waals surface area contributed by atoms with Gasteiger partial charge in [0.05, 0.1) is 7.11 Å². The normalized spacial score (nSPS) is 11.4. The first kappa shape index (κ1) is 13.8. The highest BCUT2D eigenvalue weighted by atomic mass is 16.5. The lowest BCUT2D eigenvalue weighted by atomic mass is 9.96. The largest absolute Gasteiger partial charge is 0.497 e. The van der Waals surface area contributed by atoms with Crippen molar-refractivity contribution in [3.8, 4) is 11.8 Å². The van der Waals surface area contributed by atoms with Gasteiger partial charge in [-0.1, -0.05) is 25.5 Å². The van der Waals surface area contributed by atoms with E-state index >= 15 is 0 Å². The van der Waals surface area contributed by atoms with Crippen molar-refractivity contribution < 1.29 is 14.6 Å². The third kappa shape index (κ3) is 3.11. The maximum Gasteiger partial charge on any atom is 0.346 e. The molecule has 0 spiro atoms. The highest BCUT2D eigenvalue weighted by molar-refractivity contribution is 6.00. The smallest absolute Gasteiger partial charge is 0.346 e. The topological polar surface area (TPSA) is 70.3 Å².